The summed E-state index contributed by atoms with van der Waals surface area (Å²) in [6.07, 6.45) is 6.69. The SMILES string of the molecule is CC(C)NCCC/C=C/c1ccc2c(c1)/C(=N\OC(C)(C)C)c1ccccc1-2. The normalized spacial score (nSPS) is 14.7. The van der Waals surface area contributed by atoms with Gasteiger partial charge in [-0.15, -0.1) is 0 Å². The van der Waals surface area contributed by atoms with E-state index in [4.69, 9.17) is 4.84 Å². The molecule has 0 radical (unpaired) electrons. The van der Waals surface area contributed by atoms with Crippen LogP contribution in [-0.2, 0) is 4.84 Å². The Morgan fingerprint density at radius 1 is 1.00 bits per heavy atom. The largest absolute Gasteiger partial charge is 0.390 e. The van der Waals surface area contributed by atoms with Crippen molar-refractivity contribution in [2.24, 2.45) is 5.16 Å². The zero-order valence-corrected chi connectivity index (χ0v) is 17.8. The molecule has 2 aromatic rings. The maximum absolute atomic E-state index is 5.77. The third-order valence-electron chi connectivity index (χ3n) is 4.59. The summed E-state index contributed by atoms with van der Waals surface area (Å²) < 4.78 is 0. The van der Waals surface area contributed by atoms with Gasteiger partial charge < -0.3 is 10.2 Å². The summed E-state index contributed by atoms with van der Waals surface area (Å²) in [5, 5.41) is 8.00. The van der Waals surface area contributed by atoms with Crippen LogP contribution >= 0.6 is 0 Å². The molecule has 0 unspecified atom stereocenters. The minimum Gasteiger partial charge on any atom is -0.390 e. The van der Waals surface area contributed by atoms with Gasteiger partial charge in [-0.1, -0.05) is 67.6 Å². The molecule has 0 heterocycles. The van der Waals surface area contributed by atoms with Crippen LogP contribution < -0.4 is 5.32 Å². The lowest BCUT2D eigenvalue weighted by Crippen LogP contribution is -2.23. The van der Waals surface area contributed by atoms with Gasteiger partial charge in [0.25, 0.3) is 0 Å². The second kappa shape index (κ2) is 8.74. The number of nitrogens with zero attached hydrogens (tertiary/aromatic N) is 1. The van der Waals surface area contributed by atoms with E-state index in [-0.39, 0.29) is 5.60 Å². The van der Waals surface area contributed by atoms with Crippen LogP contribution in [-0.4, -0.2) is 23.9 Å². The first kappa shape index (κ1) is 20.3. The fourth-order valence-corrected chi connectivity index (χ4v) is 3.28. The van der Waals surface area contributed by atoms with E-state index in [0.29, 0.717) is 6.04 Å². The predicted molar refractivity (Wildman–Crippen MR) is 120 cm³/mol. The standard InChI is InChI=1S/C25H32N2O/c1-18(2)26-16-10-6-7-11-19-14-15-21-20-12-8-9-13-22(20)24(23(21)17-19)27-28-25(3,4)5/h7-9,11-15,17-18,26H,6,10,16H2,1-5H3/b11-7+,27-24-. The molecule has 148 valence electrons. The molecule has 3 heteroatoms. The van der Waals surface area contributed by atoms with E-state index in [1.807, 2.05) is 20.8 Å². The van der Waals surface area contributed by atoms with Crippen LogP contribution in [0.15, 0.2) is 53.7 Å². The Hall–Kier alpha value is -2.39. The van der Waals surface area contributed by atoms with Crippen molar-refractivity contribution in [3.8, 4) is 11.1 Å². The van der Waals surface area contributed by atoms with Crippen molar-refractivity contribution in [2.45, 2.75) is 59.1 Å². The van der Waals surface area contributed by atoms with Gasteiger partial charge in [0.15, 0.2) is 0 Å². The molecule has 0 aromatic heterocycles. The van der Waals surface area contributed by atoms with Crippen LogP contribution in [0.1, 0.15) is 64.2 Å². The summed E-state index contributed by atoms with van der Waals surface area (Å²) in [4.78, 5) is 5.77. The Labute approximate surface area is 169 Å². The summed E-state index contributed by atoms with van der Waals surface area (Å²) in [5.74, 6) is 0. The maximum atomic E-state index is 5.77. The maximum Gasteiger partial charge on any atom is 0.129 e. The number of benzene rings is 2. The van der Waals surface area contributed by atoms with Crippen LogP contribution in [0.2, 0.25) is 0 Å². The molecule has 0 fully saturated rings. The lowest BCUT2D eigenvalue weighted by atomic mass is 10.0. The van der Waals surface area contributed by atoms with E-state index in [9.17, 15) is 0 Å². The molecular formula is C25H32N2O. The summed E-state index contributed by atoms with van der Waals surface area (Å²) in [6, 6.07) is 15.6. The first-order chi connectivity index (χ1) is 13.3. The molecule has 0 atom stereocenters. The first-order valence-electron chi connectivity index (χ1n) is 10.3. The number of allylic oxidation sites excluding steroid dienone is 1. The molecular weight excluding hydrogens is 344 g/mol. The van der Waals surface area contributed by atoms with E-state index < -0.39 is 0 Å². The average Bonchev–Trinajstić information content (AvgIpc) is 2.95. The molecule has 0 amide bonds. The zero-order valence-electron chi connectivity index (χ0n) is 17.8. The second-order valence-electron chi connectivity index (χ2n) is 8.65. The van der Waals surface area contributed by atoms with Crippen LogP contribution in [0.3, 0.4) is 0 Å². The lowest BCUT2D eigenvalue weighted by molar-refractivity contribution is 0.00121. The van der Waals surface area contributed by atoms with Gasteiger partial charge in [-0.3, -0.25) is 0 Å². The first-order valence-corrected chi connectivity index (χ1v) is 10.3. The highest BCUT2D eigenvalue weighted by Crippen LogP contribution is 2.37. The molecule has 0 spiro atoms. The molecule has 0 bridgehead atoms. The number of fused-ring (bicyclic) bond motifs is 3. The smallest absolute Gasteiger partial charge is 0.129 e. The van der Waals surface area contributed by atoms with E-state index >= 15 is 0 Å². The number of nitrogens with one attached hydrogen (secondary N) is 1. The summed E-state index contributed by atoms with van der Waals surface area (Å²) in [6.45, 7) is 11.5. The quantitative estimate of drug-likeness (QED) is 0.404. The third kappa shape index (κ3) is 5.11. The van der Waals surface area contributed by atoms with E-state index in [1.165, 1.54) is 16.7 Å². The van der Waals surface area contributed by atoms with Gasteiger partial charge in [-0.25, -0.2) is 0 Å². The summed E-state index contributed by atoms with van der Waals surface area (Å²) >= 11 is 0. The number of rotatable bonds is 7. The van der Waals surface area contributed by atoms with Crippen molar-refractivity contribution < 1.29 is 4.84 Å². The minimum atomic E-state index is -0.313. The van der Waals surface area contributed by atoms with Crippen LogP contribution in [0.5, 0.6) is 0 Å². The zero-order chi connectivity index (χ0) is 20.1. The van der Waals surface area contributed by atoms with Crippen molar-refractivity contribution in [1.82, 2.24) is 5.32 Å². The highest BCUT2D eigenvalue weighted by Gasteiger charge is 2.26. The van der Waals surface area contributed by atoms with Gasteiger partial charge in [0.1, 0.15) is 11.3 Å². The van der Waals surface area contributed by atoms with E-state index in [0.717, 1.165) is 36.2 Å². The number of hydrogen-bond donors (Lipinski definition) is 1. The van der Waals surface area contributed by atoms with Crippen LogP contribution in [0.25, 0.3) is 17.2 Å². The summed E-state index contributed by atoms with van der Waals surface area (Å²) in [7, 11) is 0. The lowest BCUT2D eigenvalue weighted by Gasteiger charge is -2.16. The molecule has 0 saturated heterocycles. The molecule has 2 aromatic carbocycles. The minimum absolute atomic E-state index is 0.313. The third-order valence-corrected chi connectivity index (χ3v) is 4.59. The van der Waals surface area contributed by atoms with Gasteiger partial charge in [-0.05, 0) is 62.9 Å². The Morgan fingerprint density at radius 2 is 1.71 bits per heavy atom. The fraction of sp³-hybridized carbons (Fsp3) is 0.400. The van der Waals surface area contributed by atoms with Crippen molar-refractivity contribution >= 4 is 11.8 Å². The number of oxime groups is 1. The van der Waals surface area contributed by atoms with Gasteiger partial charge in [0.05, 0.1) is 0 Å². The summed E-state index contributed by atoms with van der Waals surface area (Å²) in [5.41, 5.74) is 6.56. The van der Waals surface area contributed by atoms with Crippen molar-refractivity contribution in [2.75, 3.05) is 6.54 Å². The molecule has 0 aliphatic heterocycles. The van der Waals surface area contributed by atoms with Crippen LogP contribution in [0.4, 0.5) is 0 Å². The highest BCUT2D eigenvalue weighted by molar-refractivity contribution is 6.24. The van der Waals surface area contributed by atoms with Crippen molar-refractivity contribution in [3.05, 3.63) is 65.2 Å². The molecule has 28 heavy (non-hydrogen) atoms. The molecule has 1 aliphatic carbocycles. The number of hydrogen-bond acceptors (Lipinski definition) is 3. The molecule has 1 N–H and O–H groups in total. The van der Waals surface area contributed by atoms with Gasteiger partial charge >= 0.3 is 0 Å². The van der Waals surface area contributed by atoms with Gasteiger partial charge in [0, 0.05) is 17.2 Å². The molecule has 1 aliphatic rings. The van der Waals surface area contributed by atoms with Gasteiger partial charge in [0.2, 0.25) is 0 Å². The molecule has 3 nitrogen and oxygen atoms in total. The van der Waals surface area contributed by atoms with E-state index in [2.05, 4.69) is 78.9 Å². The van der Waals surface area contributed by atoms with Crippen molar-refractivity contribution in [1.29, 1.82) is 0 Å². The number of unbranched alkanes of at least 4 members (excludes halogenated alkanes) is 1. The average molecular weight is 377 g/mol. The molecule has 0 saturated carbocycles. The molecule has 3 rings (SSSR count). The fourth-order valence-electron chi connectivity index (χ4n) is 3.28. The van der Waals surface area contributed by atoms with Gasteiger partial charge in [-0.2, -0.15) is 0 Å². The van der Waals surface area contributed by atoms with E-state index in [1.54, 1.807) is 0 Å². The Bertz CT molecular complexity index is 872. The van der Waals surface area contributed by atoms with Crippen molar-refractivity contribution in [3.63, 3.8) is 0 Å². The topological polar surface area (TPSA) is 33.6 Å². The Balaban J connectivity index is 1.80. The second-order valence-corrected chi connectivity index (χ2v) is 8.65. The Kier molecular flexibility index (Phi) is 6.35. The predicted octanol–water partition coefficient (Wildman–Crippen LogP) is 6.03. The van der Waals surface area contributed by atoms with Crippen LogP contribution in [0, 0.1) is 0 Å². The highest BCUT2D eigenvalue weighted by atomic mass is 16.6. The monoisotopic (exact) mass is 376 g/mol. The Morgan fingerprint density at radius 3 is 2.43 bits per heavy atom.